The minimum Gasteiger partial charge on any atom is -0.347 e. The Balaban J connectivity index is 1.83. The van der Waals surface area contributed by atoms with Gasteiger partial charge < -0.3 is 10.6 Å². The molecule has 0 saturated carbocycles. The number of halogens is 2. The van der Waals surface area contributed by atoms with Crippen molar-refractivity contribution >= 4 is 38.9 Å². The summed E-state index contributed by atoms with van der Waals surface area (Å²) in [5, 5.41) is 5.76. The molecule has 8 heteroatoms. The zero-order valence-corrected chi connectivity index (χ0v) is 14.5. The number of hydrogen-bond donors (Lipinski definition) is 2. The second-order valence-electron chi connectivity index (χ2n) is 5.56. The summed E-state index contributed by atoms with van der Waals surface area (Å²) < 4.78 is 22.7. The van der Waals surface area contributed by atoms with Crippen LogP contribution in [0.15, 0.2) is 18.2 Å². The van der Waals surface area contributed by atoms with Crippen molar-refractivity contribution in [1.29, 1.82) is 0 Å². The van der Waals surface area contributed by atoms with E-state index in [9.17, 15) is 13.2 Å². The molecule has 1 fully saturated rings. The number of hydrogen-bond acceptors (Lipinski definition) is 3. The molecule has 5 nitrogen and oxygen atoms in total. The SMILES string of the molecule is C[C@@H]([NH2+]CC(=O)N[C@@H]1CCS(=O)(=O)C1)c1ccc(Cl)cc1Cl. The van der Waals surface area contributed by atoms with E-state index in [0.29, 0.717) is 16.5 Å². The fourth-order valence-corrected chi connectivity index (χ4v) is 4.73. The number of carbonyl (C=O) groups excluding carboxylic acids is 1. The molecule has 3 N–H and O–H groups in total. The van der Waals surface area contributed by atoms with Gasteiger partial charge in [-0.05, 0) is 25.5 Å². The van der Waals surface area contributed by atoms with E-state index in [2.05, 4.69) is 5.32 Å². The number of rotatable bonds is 5. The van der Waals surface area contributed by atoms with Crippen molar-refractivity contribution in [2.45, 2.75) is 25.4 Å². The van der Waals surface area contributed by atoms with E-state index in [-0.39, 0.29) is 36.0 Å². The van der Waals surface area contributed by atoms with Crippen LogP contribution < -0.4 is 10.6 Å². The molecule has 1 amide bonds. The Morgan fingerprint density at radius 3 is 2.77 bits per heavy atom. The molecule has 0 aromatic heterocycles. The van der Waals surface area contributed by atoms with Crippen molar-refractivity contribution in [3.63, 3.8) is 0 Å². The van der Waals surface area contributed by atoms with Crippen molar-refractivity contribution < 1.29 is 18.5 Å². The van der Waals surface area contributed by atoms with E-state index in [4.69, 9.17) is 23.2 Å². The molecule has 1 aromatic carbocycles. The van der Waals surface area contributed by atoms with Crippen molar-refractivity contribution in [3.05, 3.63) is 33.8 Å². The first-order chi connectivity index (χ1) is 10.3. The van der Waals surface area contributed by atoms with Crippen LogP contribution >= 0.6 is 23.2 Å². The number of sulfone groups is 1. The van der Waals surface area contributed by atoms with Gasteiger partial charge in [0.05, 0.1) is 16.5 Å². The van der Waals surface area contributed by atoms with E-state index >= 15 is 0 Å². The highest BCUT2D eigenvalue weighted by molar-refractivity contribution is 7.91. The standard InChI is InChI=1S/C14H18Cl2N2O3S/c1-9(12-3-2-10(15)6-13(12)16)17-7-14(19)18-11-4-5-22(20,21)8-11/h2-3,6,9,11,17H,4-5,7-8H2,1H3,(H,18,19)/p+1/t9-,11-/m1/s1. The van der Waals surface area contributed by atoms with Gasteiger partial charge in [0.2, 0.25) is 0 Å². The molecule has 122 valence electrons. The monoisotopic (exact) mass is 365 g/mol. The van der Waals surface area contributed by atoms with Gasteiger partial charge in [0.25, 0.3) is 5.91 Å². The van der Waals surface area contributed by atoms with Gasteiger partial charge in [-0.2, -0.15) is 0 Å². The van der Waals surface area contributed by atoms with Gasteiger partial charge in [-0.25, -0.2) is 8.42 Å². The number of quaternary nitrogens is 1. The normalized spacial score (nSPS) is 21.5. The van der Waals surface area contributed by atoms with Crippen LogP contribution in [0.1, 0.15) is 24.9 Å². The van der Waals surface area contributed by atoms with Crippen LogP contribution in [-0.2, 0) is 14.6 Å². The summed E-state index contributed by atoms with van der Waals surface area (Å²) >= 11 is 12.0. The quantitative estimate of drug-likeness (QED) is 0.813. The third kappa shape index (κ3) is 4.84. The molecule has 1 aliphatic rings. The van der Waals surface area contributed by atoms with E-state index in [1.807, 2.05) is 18.3 Å². The molecule has 2 atom stereocenters. The largest absolute Gasteiger partial charge is 0.347 e. The van der Waals surface area contributed by atoms with Crippen LogP contribution in [0.25, 0.3) is 0 Å². The lowest BCUT2D eigenvalue weighted by atomic mass is 10.1. The van der Waals surface area contributed by atoms with Crippen LogP contribution in [0, 0.1) is 0 Å². The first-order valence-corrected chi connectivity index (χ1v) is 9.62. The Bertz CT molecular complexity index is 664. The van der Waals surface area contributed by atoms with Gasteiger partial charge in [-0.15, -0.1) is 0 Å². The van der Waals surface area contributed by atoms with Gasteiger partial charge in [-0.1, -0.05) is 29.3 Å². The Hall–Kier alpha value is -0.820. The topological polar surface area (TPSA) is 79.8 Å². The van der Waals surface area contributed by atoms with Gasteiger partial charge >= 0.3 is 0 Å². The summed E-state index contributed by atoms with van der Waals surface area (Å²) in [6.07, 6.45) is 0.493. The first kappa shape index (κ1) is 17.5. The molecule has 1 aliphatic heterocycles. The highest BCUT2D eigenvalue weighted by atomic mass is 35.5. The summed E-state index contributed by atoms with van der Waals surface area (Å²) in [6.45, 7) is 2.17. The Morgan fingerprint density at radius 2 is 2.18 bits per heavy atom. The first-order valence-electron chi connectivity index (χ1n) is 7.05. The molecule has 0 spiro atoms. The molecule has 0 radical (unpaired) electrons. The number of amides is 1. The fraction of sp³-hybridized carbons (Fsp3) is 0.500. The predicted molar refractivity (Wildman–Crippen MR) is 86.9 cm³/mol. The summed E-state index contributed by atoms with van der Waals surface area (Å²) in [5.74, 6) is 0.0227. The van der Waals surface area contributed by atoms with Gasteiger partial charge in [0, 0.05) is 16.6 Å². The summed E-state index contributed by atoms with van der Waals surface area (Å²) in [5.41, 5.74) is 0.905. The van der Waals surface area contributed by atoms with Gasteiger partial charge in [0.15, 0.2) is 16.4 Å². The fourth-order valence-electron chi connectivity index (χ4n) is 2.48. The van der Waals surface area contributed by atoms with E-state index in [1.165, 1.54) is 0 Å². The smallest absolute Gasteiger partial charge is 0.275 e. The second-order valence-corrected chi connectivity index (χ2v) is 8.63. The minimum atomic E-state index is -2.98. The minimum absolute atomic E-state index is 0.00262. The van der Waals surface area contributed by atoms with Crippen LogP contribution in [0.4, 0.5) is 0 Å². The summed E-state index contributed by atoms with van der Waals surface area (Å²) in [7, 11) is -2.98. The van der Waals surface area contributed by atoms with Crippen LogP contribution in [0.2, 0.25) is 10.0 Å². The lowest BCUT2D eigenvalue weighted by molar-refractivity contribution is -0.682. The lowest BCUT2D eigenvalue weighted by Crippen LogP contribution is -2.87. The third-order valence-electron chi connectivity index (χ3n) is 3.71. The van der Waals surface area contributed by atoms with Gasteiger partial charge in [-0.3, -0.25) is 4.79 Å². The van der Waals surface area contributed by atoms with Crippen molar-refractivity contribution in [2.75, 3.05) is 18.1 Å². The lowest BCUT2D eigenvalue weighted by Gasteiger charge is -2.14. The molecule has 1 saturated heterocycles. The number of nitrogens with two attached hydrogens (primary N) is 1. The van der Waals surface area contributed by atoms with Crippen LogP contribution in [0.3, 0.4) is 0 Å². The molecule has 0 unspecified atom stereocenters. The van der Waals surface area contributed by atoms with Crippen LogP contribution in [-0.4, -0.2) is 38.4 Å². The van der Waals surface area contributed by atoms with Gasteiger partial charge in [0.1, 0.15) is 6.04 Å². The maximum absolute atomic E-state index is 11.9. The van der Waals surface area contributed by atoms with Crippen LogP contribution in [0.5, 0.6) is 0 Å². The molecular weight excluding hydrogens is 347 g/mol. The predicted octanol–water partition coefficient (Wildman–Crippen LogP) is 0.921. The summed E-state index contributed by atoms with van der Waals surface area (Å²) in [6, 6.07) is 5.01. The Kier molecular flexibility index (Phi) is 5.71. The third-order valence-corrected chi connectivity index (χ3v) is 6.04. The van der Waals surface area contributed by atoms with Crippen molar-refractivity contribution in [2.24, 2.45) is 0 Å². The highest BCUT2D eigenvalue weighted by Crippen LogP contribution is 2.24. The number of benzene rings is 1. The van der Waals surface area contributed by atoms with E-state index in [0.717, 1.165) is 5.56 Å². The zero-order valence-electron chi connectivity index (χ0n) is 12.2. The average molecular weight is 366 g/mol. The molecule has 0 aliphatic carbocycles. The van der Waals surface area contributed by atoms with E-state index < -0.39 is 9.84 Å². The highest BCUT2D eigenvalue weighted by Gasteiger charge is 2.29. The molecule has 1 heterocycles. The number of carbonyl (C=O) groups is 1. The van der Waals surface area contributed by atoms with Crippen molar-refractivity contribution in [1.82, 2.24) is 5.32 Å². The second kappa shape index (κ2) is 7.17. The zero-order chi connectivity index (χ0) is 16.3. The van der Waals surface area contributed by atoms with Crippen molar-refractivity contribution in [3.8, 4) is 0 Å². The average Bonchev–Trinajstić information content (AvgIpc) is 2.75. The summed E-state index contributed by atoms with van der Waals surface area (Å²) in [4.78, 5) is 11.9. The maximum Gasteiger partial charge on any atom is 0.275 e. The molecular formula is C14H19Cl2N2O3S+. The number of nitrogens with one attached hydrogen (secondary N) is 1. The Labute approximate surface area is 140 Å². The Morgan fingerprint density at radius 1 is 1.45 bits per heavy atom. The molecule has 0 bridgehead atoms. The molecule has 22 heavy (non-hydrogen) atoms. The molecule has 1 aromatic rings. The molecule has 2 rings (SSSR count). The van der Waals surface area contributed by atoms with E-state index in [1.54, 1.807) is 12.1 Å². The maximum atomic E-state index is 11.9.